The monoisotopic (exact) mass is 298 g/mol. The van der Waals surface area contributed by atoms with Crippen LogP contribution in [-0.2, 0) is 33.4 Å². The van der Waals surface area contributed by atoms with Gasteiger partial charge in [-0.25, -0.2) is 14.4 Å². The number of carboxylic acid groups (broad SMARTS) is 1. The molecule has 2 fully saturated rings. The van der Waals surface area contributed by atoms with E-state index in [1.54, 1.807) is 0 Å². The smallest absolute Gasteiger partial charge is 0.352 e. The van der Waals surface area contributed by atoms with E-state index in [-0.39, 0.29) is 25.2 Å². The van der Waals surface area contributed by atoms with Crippen LogP contribution in [0.5, 0.6) is 0 Å². The molecule has 1 aliphatic carbocycles. The molecule has 114 valence electrons. The zero-order valence-corrected chi connectivity index (χ0v) is 11.1. The summed E-state index contributed by atoms with van der Waals surface area (Å²) in [6, 6.07) is 0. The van der Waals surface area contributed by atoms with Crippen LogP contribution in [0.2, 0.25) is 0 Å². The highest BCUT2D eigenvalue weighted by Gasteiger charge is 2.60. The second-order valence-corrected chi connectivity index (χ2v) is 4.88. The molecule has 2 rings (SSSR count). The Morgan fingerprint density at radius 1 is 1.48 bits per heavy atom. The van der Waals surface area contributed by atoms with Gasteiger partial charge in [-0.2, -0.15) is 0 Å². The van der Waals surface area contributed by atoms with Gasteiger partial charge in [-0.3, -0.25) is 4.79 Å². The van der Waals surface area contributed by atoms with Crippen LogP contribution in [0, 0.1) is 5.92 Å². The van der Waals surface area contributed by atoms with Gasteiger partial charge in [-0.05, 0) is 6.42 Å². The van der Waals surface area contributed by atoms with E-state index in [1.165, 1.54) is 0 Å². The Morgan fingerprint density at radius 2 is 2.19 bits per heavy atom. The van der Waals surface area contributed by atoms with Crippen LogP contribution < -0.4 is 0 Å². The van der Waals surface area contributed by atoms with E-state index in [0.717, 1.165) is 6.08 Å². The van der Waals surface area contributed by atoms with Crippen LogP contribution in [-0.4, -0.2) is 47.3 Å². The lowest BCUT2D eigenvalue weighted by Gasteiger charge is -2.35. The van der Waals surface area contributed by atoms with E-state index in [2.05, 4.69) is 11.3 Å². The minimum absolute atomic E-state index is 0.0233. The SMILES string of the molecule is C=CC(=O)OCC(=O)OC1(C(=O)O)CCC2CC1OC2=O. The Bertz CT molecular complexity index is 510. The minimum atomic E-state index is -1.92. The molecule has 0 radical (unpaired) electrons. The first kappa shape index (κ1) is 15.0. The zero-order valence-electron chi connectivity index (χ0n) is 11.1. The maximum absolute atomic E-state index is 11.7. The third kappa shape index (κ3) is 2.74. The second-order valence-electron chi connectivity index (χ2n) is 4.88. The molecule has 0 spiro atoms. The molecule has 1 N–H and O–H groups in total. The summed E-state index contributed by atoms with van der Waals surface area (Å²) in [6.07, 6.45) is 0.293. The first-order valence-corrected chi connectivity index (χ1v) is 6.34. The Balaban J connectivity index is 2.07. The van der Waals surface area contributed by atoms with Gasteiger partial charge in [-0.1, -0.05) is 6.58 Å². The van der Waals surface area contributed by atoms with Gasteiger partial charge in [-0.15, -0.1) is 0 Å². The predicted molar refractivity (Wildman–Crippen MR) is 64.8 cm³/mol. The number of carbonyl (C=O) groups excluding carboxylic acids is 3. The van der Waals surface area contributed by atoms with Crippen LogP contribution in [0.3, 0.4) is 0 Å². The van der Waals surface area contributed by atoms with Gasteiger partial charge in [0.2, 0.25) is 5.60 Å². The highest BCUT2D eigenvalue weighted by Crippen LogP contribution is 2.43. The van der Waals surface area contributed by atoms with Gasteiger partial charge in [0.15, 0.2) is 12.7 Å². The maximum atomic E-state index is 11.7. The van der Waals surface area contributed by atoms with Gasteiger partial charge < -0.3 is 19.3 Å². The number of aliphatic carboxylic acids is 1. The summed E-state index contributed by atoms with van der Waals surface area (Å²) in [7, 11) is 0. The molecular formula is C13H14O8. The predicted octanol–water partition coefficient (Wildman–Crippen LogP) is -0.192. The molecule has 1 heterocycles. The van der Waals surface area contributed by atoms with Crippen molar-refractivity contribution in [3.63, 3.8) is 0 Å². The molecule has 8 nitrogen and oxygen atoms in total. The Morgan fingerprint density at radius 3 is 2.81 bits per heavy atom. The lowest BCUT2D eigenvalue weighted by molar-refractivity contribution is -0.199. The Labute approximate surface area is 119 Å². The third-order valence-corrected chi connectivity index (χ3v) is 3.63. The van der Waals surface area contributed by atoms with Crippen molar-refractivity contribution >= 4 is 23.9 Å². The molecule has 2 bridgehead atoms. The van der Waals surface area contributed by atoms with Crippen molar-refractivity contribution in [2.24, 2.45) is 5.92 Å². The summed E-state index contributed by atoms with van der Waals surface area (Å²) in [5, 5.41) is 9.38. The highest BCUT2D eigenvalue weighted by molar-refractivity contribution is 5.87. The molecule has 0 aromatic rings. The molecule has 3 atom stereocenters. The van der Waals surface area contributed by atoms with E-state index in [4.69, 9.17) is 9.47 Å². The zero-order chi connectivity index (χ0) is 15.6. The van der Waals surface area contributed by atoms with Gasteiger partial charge >= 0.3 is 23.9 Å². The molecule has 0 aromatic heterocycles. The number of fused-ring (bicyclic) bond motifs is 2. The van der Waals surface area contributed by atoms with Crippen LogP contribution in [0.15, 0.2) is 12.7 Å². The quantitative estimate of drug-likeness (QED) is 0.421. The van der Waals surface area contributed by atoms with Crippen molar-refractivity contribution in [1.82, 2.24) is 0 Å². The molecule has 3 unspecified atom stereocenters. The molecular weight excluding hydrogens is 284 g/mol. The van der Waals surface area contributed by atoms with Crippen molar-refractivity contribution in [2.75, 3.05) is 6.61 Å². The number of esters is 3. The van der Waals surface area contributed by atoms with Crippen LogP contribution in [0.1, 0.15) is 19.3 Å². The number of rotatable bonds is 5. The number of hydrogen-bond acceptors (Lipinski definition) is 7. The summed E-state index contributed by atoms with van der Waals surface area (Å²) in [5.41, 5.74) is -1.92. The first-order chi connectivity index (χ1) is 9.89. The Hall–Kier alpha value is -2.38. The van der Waals surface area contributed by atoms with Crippen LogP contribution >= 0.6 is 0 Å². The fraction of sp³-hybridized carbons (Fsp3) is 0.538. The summed E-state index contributed by atoms with van der Waals surface area (Å²) >= 11 is 0. The van der Waals surface area contributed by atoms with Gasteiger partial charge in [0.1, 0.15) is 0 Å². The van der Waals surface area contributed by atoms with Gasteiger partial charge in [0.05, 0.1) is 5.92 Å². The number of carboxylic acids is 1. The van der Waals surface area contributed by atoms with E-state index in [1.807, 2.05) is 0 Å². The normalized spacial score (nSPS) is 30.2. The molecule has 0 aromatic carbocycles. The topological polar surface area (TPSA) is 116 Å². The lowest BCUT2D eigenvalue weighted by Crippen LogP contribution is -2.54. The summed E-state index contributed by atoms with van der Waals surface area (Å²) in [5.74, 6) is -4.05. The number of hydrogen-bond donors (Lipinski definition) is 1. The average Bonchev–Trinajstić information content (AvgIpc) is 2.76. The standard InChI is InChI=1S/C13H14O8/c1-2-9(14)19-6-10(15)21-13(12(17)18)4-3-7-5-8(13)20-11(7)16/h2,7-8H,1,3-6H2,(H,17,18). The molecule has 21 heavy (non-hydrogen) atoms. The number of ether oxygens (including phenoxy) is 3. The molecule has 8 heteroatoms. The van der Waals surface area contributed by atoms with Gasteiger partial charge in [0.25, 0.3) is 0 Å². The minimum Gasteiger partial charge on any atom is -0.478 e. The van der Waals surface area contributed by atoms with E-state index in [0.29, 0.717) is 0 Å². The molecule has 2 aliphatic rings. The fourth-order valence-corrected chi connectivity index (χ4v) is 2.54. The van der Waals surface area contributed by atoms with Crippen LogP contribution in [0.25, 0.3) is 0 Å². The second kappa shape index (κ2) is 5.55. The van der Waals surface area contributed by atoms with Crippen molar-refractivity contribution < 1.29 is 38.5 Å². The molecule has 1 aliphatic heterocycles. The summed E-state index contributed by atoms with van der Waals surface area (Å²) in [6.45, 7) is 2.42. The fourth-order valence-electron chi connectivity index (χ4n) is 2.54. The summed E-state index contributed by atoms with van der Waals surface area (Å²) < 4.78 is 14.5. The first-order valence-electron chi connectivity index (χ1n) is 6.34. The van der Waals surface area contributed by atoms with E-state index < -0.39 is 42.2 Å². The maximum Gasteiger partial charge on any atom is 0.352 e. The van der Waals surface area contributed by atoms with E-state index in [9.17, 15) is 24.3 Å². The molecule has 1 saturated heterocycles. The largest absolute Gasteiger partial charge is 0.478 e. The lowest BCUT2D eigenvalue weighted by atomic mass is 9.78. The molecule has 1 saturated carbocycles. The van der Waals surface area contributed by atoms with Crippen LogP contribution in [0.4, 0.5) is 0 Å². The molecule has 0 amide bonds. The Kier molecular flexibility index (Phi) is 3.97. The van der Waals surface area contributed by atoms with Crippen molar-refractivity contribution in [1.29, 1.82) is 0 Å². The van der Waals surface area contributed by atoms with Crippen molar-refractivity contribution in [3.8, 4) is 0 Å². The highest BCUT2D eigenvalue weighted by atomic mass is 16.6. The number of carbonyl (C=O) groups is 4. The van der Waals surface area contributed by atoms with Crippen molar-refractivity contribution in [2.45, 2.75) is 31.0 Å². The van der Waals surface area contributed by atoms with Gasteiger partial charge in [0, 0.05) is 18.9 Å². The van der Waals surface area contributed by atoms with E-state index >= 15 is 0 Å². The summed E-state index contributed by atoms with van der Waals surface area (Å²) in [4.78, 5) is 45.5. The van der Waals surface area contributed by atoms with Crippen molar-refractivity contribution in [3.05, 3.63) is 12.7 Å². The third-order valence-electron chi connectivity index (χ3n) is 3.63. The average molecular weight is 298 g/mol.